The molecule has 2 aromatic rings. The second-order valence-corrected chi connectivity index (χ2v) is 7.81. The van der Waals surface area contributed by atoms with Crippen molar-refractivity contribution in [3.05, 3.63) is 68.7 Å². The number of halogens is 1. The third kappa shape index (κ3) is 2.83. The topological polar surface area (TPSA) is 87.2 Å². The molecule has 0 unspecified atom stereocenters. The molecule has 0 bridgehead atoms. The van der Waals surface area contributed by atoms with Gasteiger partial charge in [0.05, 0.1) is 17.0 Å². The molecule has 0 aromatic heterocycles. The lowest BCUT2D eigenvalue weighted by Gasteiger charge is -2.49. The van der Waals surface area contributed by atoms with Gasteiger partial charge >= 0.3 is 0 Å². The number of nitriles is 1. The van der Waals surface area contributed by atoms with Crippen LogP contribution in [0.25, 0.3) is 0 Å². The lowest BCUT2D eigenvalue weighted by molar-refractivity contribution is -0.384. The molecule has 4 rings (SSSR count). The van der Waals surface area contributed by atoms with Gasteiger partial charge in [-0.15, -0.1) is 0 Å². The van der Waals surface area contributed by atoms with Crippen molar-refractivity contribution in [1.82, 2.24) is 0 Å². The number of carbonyl (C=O) groups is 1. The monoisotopic (exact) mass is 395 g/mol. The van der Waals surface area contributed by atoms with Crippen LogP contribution < -0.4 is 4.90 Å². The van der Waals surface area contributed by atoms with Crippen LogP contribution in [-0.2, 0) is 6.42 Å². The number of ketones is 1. The Morgan fingerprint density at radius 1 is 1.25 bits per heavy atom. The molecule has 0 radical (unpaired) electrons. The zero-order chi connectivity index (χ0) is 19.9. The second kappa shape index (κ2) is 6.92. The molecule has 1 saturated heterocycles. The Hall–Kier alpha value is -2.91. The number of nitro benzene ring substituents is 1. The molecular weight excluding hydrogens is 378 g/mol. The molecule has 1 fully saturated rings. The number of anilines is 1. The molecule has 2 aromatic carbocycles. The minimum Gasteiger partial charge on any atom is -0.366 e. The number of rotatable bonds is 3. The Bertz CT molecular complexity index is 999. The molecule has 2 heterocycles. The molecule has 0 spiro atoms. The van der Waals surface area contributed by atoms with Gasteiger partial charge in [-0.2, -0.15) is 5.26 Å². The summed E-state index contributed by atoms with van der Waals surface area (Å²) >= 11 is 5.95. The molecule has 0 N–H and O–H groups in total. The highest BCUT2D eigenvalue weighted by Crippen LogP contribution is 2.47. The highest BCUT2D eigenvalue weighted by molar-refractivity contribution is 6.30. The minimum absolute atomic E-state index is 0.0278. The summed E-state index contributed by atoms with van der Waals surface area (Å²) in [6, 6.07) is 13.4. The summed E-state index contributed by atoms with van der Waals surface area (Å²) < 4.78 is 0. The first-order valence-electron chi connectivity index (χ1n) is 9.22. The van der Waals surface area contributed by atoms with E-state index in [2.05, 4.69) is 11.0 Å². The van der Waals surface area contributed by atoms with Crippen LogP contribution in [0.1, 0.15) is 35.2 Å². The lowest BCUT2D eigenvalue weighted by Crippen LogP contribution is -2.57. The molecule has 0 saturated carbocycles. The summed E-state index contributed by atoms with van der Waals surface area (Å²) in [7, 11) is 0. The highest BCUT2D eigenvalue weighted by atomic mass is 35.5. The van der Waals surface area contributed by atoms with Crippen LogP contribution in [0.4, 0.5) is 11.4 Å². The van der Waals surface area contributed by atoms with E-state index in [0.29, 0.717) is 16.1 Å². The maximum Gasteiger partial charge on any atom is 0.269 e. The number of piperidine rings is 1. The van der Waals surface area contributed by atoms with Crippen LogP contribution in [0, 0.1) is 26.9 Å². The maximum absolute atomic E-state index is 13.5. The summed E-state index contributed by atoms with van der Waals surface area (Å²) in [5.74, 6) is -0.249. The van der Waals surface area contributed by atoms with Gasteiger partial charge in [0, 0.05) is 41.4 Å². The molecule has 2 atom stereocenters. The van der Waals surface area contributed by atoms with Gasteiger partial charge in [0.15, 0.2) is 5.78 Å². The van der Waals surface area contributed by atoms with Crippen molar-refractivity contribution < 1.29 is 9.72 Å². The number of carbonyl (C=O) groups excluding carboxylic acids is 1. The van der Waals surface area contributed by atoms with Crippen molar-refractivity contribution in [3.63, 3.8) is 0 Å². The van der Waals surface area contributed by atoms with Gasteiger partial charge in [-0.1, -0.05) is 11.6 Å². The number of nitrogens with zero attached hydrogens (tertiary/aromatic N) is 3. The molecule has 6 nitrogen and oxygen atoms in total. The van der Waals surface area contributed by atoms with E-state index in [0.717, 1.165) is 31.5 Å². The molecular formula is C21H18ClN3O3. The van der Waals surface area contributed by atoms with E-state index in [1.807, 2.05) is 0 Å². The van der Waals surface area contributed by atoms with E-state index in [1.165, 1.54) is 12.1 Å². The number of hydrogen-bond acceptors (Lipinski definition) is 5. The molecule has 2 aliphatic rings. The van der Waals surface area contributed by atoms with Gasteiger partial charge in [-0.05, 0) is 55.2 Å². The Morgan fingerprint density at radius 3 is 2.68 bits per heavy atom. The van der Waals surface area contributed by atoms with E-state index >= 15 is 0 Å². The van der Waals surface area contributed by atoms with Crippen molar-refractivity contribution >= 4 is 28.8 Å². The summed E-state index contributed by atoms with van der Waals surface area (Å²) in [4.78, 5) is 26.4. The first-order valence-corrected chi connectivity index (χ1v) is 9.59. The van der Waals surface area contributed by atoms with Crippen LogP contribution >= 0.6 is 11.6 Å². The normalized spacial score (nSPS) is 23.3. The minimum atomic E-state index is -1.28. The Morgan fingerprint density at radius 2 is 2.00 bits per heavy atom. The Labute approximate surface area is 167 Å². The van der Waals surface area contributed by atoms with Gasteiger partial charge in [0.25, 0.3) is 5.69 Å². The van der Waals surface area contributed by atoms with Crippen LogP contribution in [-0.4, -0.2) is 23.3 Å². The SMILES string of the molecule is N#C[C@]1(C(=O)c2ccc(Cl)cc2)Cc2cc([N+](=O)[O-])ccc2N2CCCC[C@H]21. The number of Topliss-reactive ketones (excluding diaryl/α,β-unsaturated/α-hetero) is 1. The number of fused-ring (bicyclic) bond motifs is 3. The fourth-order valence-electron chi connectivity index (χ4n) is 4.51. The van der Waals surface area contributed by atoms with E-state index in [4.69, 9.17) is 11.6 Å². The van der Waals surface area contributed by atoms with Crippen molar-refractivity contribution in [3.8, 4) is 6.07 Å². The first-order chi connectivity index (χ1) is 13.5. The number of nitro groups is 1. The molecule has 0 aliphatic carbocycles. The van der Waals surface area contributed by atoms with E-state index in [9.17, 15) is 20.2 Å². The number of benzene rings is 2. The molecule has 0 amide bonds. The van der Waals surface area contributed by atoms with Gasteiger partial charge in [0.1, 0.15) is 5.41 Å². The third-order valence-corrected chi connectivity index (χ3v) is 6.09. The first kappa shape index (κ1) is 18.5. The van der Waals surface area contributed by atoms with Crippen LogP contribution in [0.15, 0.2) is 42.5 Å². The predicted molar refractivity (Wildman–Crippen MR) is 106 cm³/mol. The molecule has 28 heavy (non-hydrogen) atoms. The molecule has 142 valence electrons. The zero-order valence-corrected chi connectivity index (χ0v) is 15.9. The van der Waals surface area contributed by atoms with Crippen LogP contribution in [0.5, 0.6) is 0 Å². The molecule has 7 heteroatoms. The van der Waals surface area contributed by atoms with Crippen molar-refractivity contribution in [2.24, 2.45) is 5.41 Å². The van der Waals surface area contributed by atoms with E-state index in [-0.39, 0.29) is 23.9 Å². The summed E-state index contributed by atoms with van der Waals surface area (Å²) in [6.07, 6.45) is 2.82. The van der Waals surface area contributed by atoms with Gasteiger partial charge < -0.3 is 4.90 Å². The van der Waals surface area contributed by atoms with Crippen molar-refractivity contribution in [2.45, 2.75) is 31.7 Å². The van der Waals surface area contributed by atoms with E-state index in [1.54, 1.807) is 30.3 Å². The van der Waals surface area contributed by atoms with Gasteiger partial charge in [-0.25, -0.2) is 0 Å². The fourth-order valence-corrected chi connectivity index (χ4v) is 4.64. The lowest BCUT2D eigenvalue weighted by atomic mass is 9.65. The highest BCUT2D eigenvalue weighted by Gasteiger charge is 2.53. The number of non-ortho nitro benzene ring substituents is 1. The zero-order valence-electron chi connectivity index (χ0n) is 15.1. The average molecular weight is 396 g/mol. The maximum atomic E-state index is 13.5. The number of hydrogen-bond donors (Lipinski definition) is 0. The summed E-state index contributed by atoms with van der Waals surface area (Å²) in [6.45, 7) is 0.729. The largest absolute Gasteiger partial charge is 0.366 e. The average Bonchev–Trinajstić information content (AvgIpc) is 2.72. The molecule has 2 aliphatic heterocycles. The van der Waals surface area contributed by atoms with Crippen LogP contribution in [0.2, 0.25) is 5.02 Å². The quantitative estimate of drug-likeness (QED) is 0.432. The summed E-state index contributed by atoms with van der Waals surface area (Å²) in [5.41, 5.74) is 0.697. The van der Waals surface area contributed by atoms with Gasteiger partial charge in [-0.3, -0.25) is 14.9 Å². The van der Waals surface area contributed by atoms with Crippen LogP contribution in [0.3, 0.4) is 0 Å². The van der Waals surface area contributed by atoms with Gasteiger partial charge in [0.2, 0.25) is 0 Å². The fraction of sp³-hybridized carbons (Fsp3) is 0.333. The van der Waals surface area contributed by atoms with E-state index < -0.39 is 10.3 Å². The third-order valence-electron chi connectivity index (χ3n) is 5.84. The predicted octanol–water partition coefficient (Wildman–Crippen LogP) is 4.56. The Balaban J connectivity index is 1.85. The summed E-state index contributed by atoms with van der Waals surface area (Å²) in [5, 5.41) is 22.0. The second-order valence-electron chi connectivity index (χ2n) is 7.37. The smallest absolute Gasteiger partial charge is 0.269 e. The van der Waals surface area contributed by atoms with Crippen molar-refractivity contribution in [1.29, 1.82) is 5.26 Å². The standard InChI is InChI=1S/C21H18ClN3O3/c22-16-6-4-14(5-7-16)20(26)21(13-23)12-15-11-17(25(27)28)8-9-18(15)24-10-2-1-3-19(21)24/h4-9,11,19H,1-3,10,12H2/t19-,21+/m0/s1. The van der Waals surface area contributed by atoms with Crippen molar-refractivity contribution in [2.75, 3.05) is 11.4 Å². The Kier molecular flexibility index (Phi) is 4.56.